The first-order valence-corrected chi connectivity index (χ1v) is 4.93. The molecular formula is C12H18O2. The quantitative estimate of drug-likeness (QED) is 0.701. The van der Waals surface area contributed by atoms with Crippen LogP contribution in [0.1, 0.15) is 33.1 Å². The molecule has 78 valence electrons. The molecule has 0 amide bonds. The summed E-state index contributed by atoms with van der Waals surface area (Å²) in [5, 5.41) is 8.82. The maximum absolute atomic E-state index is 10.7. The highest BCUT2D eigenvalue weighted by Gasteiger charge is 2.40. The van der Waals surface area contributed by atoms with Gasteiger partial charge >= 0.3 is 5.97 Å². The van der Waals surface area contributed by atoms with Crippen LogP contribution in [0.5, 0.6) is 0 Å². The van der Waals surface area contributed by atoms with E-state index in [1.54, 1.807) is 0 Å². The van der Waals surface area contributed by atoms with Crippen LogP contribution in [0, 0.1) is 11.3 Å². The van der Waals surface area contributed by atoms with Crippen LogP contribution < -0.4 is 0 Å². The summed E-state index contributed by atoms with van der Waals surface area (Å²) in [5.74, 6) is -0.421. The fourth-order valence-electron chi connectivity index (χ4n) is 2.30. The molecule has 0 aromatic carbocycles. The second-order valence-electron chi connectivity index (χ2n) is 4.59. The van der Waals surface area contributed by atoms with E-state index >= 15 is 0 Å². The van der Waals surface area contributed by atoms with Crippen molar-refractivity contribution < 1.29 is 9.90 Å². The lowest BCUT2D eigenvalue weighted by molar-refractivity contribution is -0.138. The van der Waals surface area contributed by atoms with Crippen LogP contribution >= 0.6 is 0 Å². The van der Waals surface area contributed by atoms with Crippen molar-refractivity contribution in [1.82, 2.24) is 0 Å². The second-order valence-corrected chi connectivity index (χ2v) is 4.59. The van der Waals surface area contributed by atoms with E-state index in [9.17, 15) is 4.79 Å². The molecule has 14 heavy (non-hydrogen) atoms. The predicted molar refractivity (Wildman–Crippen MR) is 57.0 cm³/mol. The highest BCUT2D eigenvalue weighted by Crippen LogP contribution is 2.49. The standard InChI is InChI=1S/C12H18O2/c1-8(2)10-5-6-12(4,9(10)3)7-11(13)14/h10H,1,3,5-7H2,2,4H3,(H,13,14). The van der Waals surface area contributed by atoms with E-state index in [-0.39, 0.29) is 11.8 Å². The van der Waals surface area contributed by atoms with Gasteiger partial charge in [0, 0.05) is 5.92 Å². The SMILES string of the molecule is C=C(C)C1CCC(C)(CC(=O)O)C1=C. The van der Waals surface area contributed by atoms with Crippen LogP contribution in [0.25, 0.3) is 0 Å². The summed E-state index contributed by atoms with van der Waals surface area (Å²) >= 11 is 0. The number of allylic oxidation sites excluding steroid dienone is 2. The lowest BCUT2D eigenvalue weighted by Gasteiger charge is -2.25. The van der Waals surface area contributed by atoms with Gasteiger partial charge in [0.1, 0.15) is 0 Å². The van der Waals surface area contributed by atoms with Crippen molar-refractivity contribution in [1.29, 1.82) is 0 Å². The molecule has 0 aromatic rings. The molecule has 2 atom stereocenters. The Bertz CT molecular complexity index is 291. The lowest BCUT2D eigenvalue weighted by Crippen LogP contribution is -2.19. The minimum atomic E-state index is -0.740. The molecule has 0 bridgehead atoms. The van der Waals surface area contributed by atoms with Crippen molar-refractivity contribution in [3.8, 4) is 0 Å². The van der Waals surface area contributed by atoms with Crippen molar-refractivity contribution in [2.75, 3.05) is 0 Å². The summed E-state index contributed by atoms with van der Waals surface area (Å²) in [6, 6.07) is 0. The van der Waals surface area contributed by atoms with Gasteiger partial charge in [0.15, 0.2) is 0 Å². The maximum atomic E-state index is 10.7. The average molecular weight is 194 g/mol. The molecule has 0 spiro atoms. The Balaban J connectivity index is 2.81. The zero-order valence-corrected chi connectivity index (χ0v) is 8.97. The third kappa shape index (κ3) is 1.89. The van der Waals surface area contributed by atoms with Gasteiger partial charge in [-0.05, 0) is 25.2 Å². The molecule has 0 radical (unpaired) electrons. The Morgan fingerprint density at radius 3 is 2.64 bits per heavy atom. The van der Waals surface area contributed by atoms with Gasteiger partial charge < -0.3 is 5.11 Å². The minimum absolute atomic E-state index is 0.190. The van der Waals surface area contributed by atoms with Gasteiger partial charge in [0.05, 0.1) is 6.42 Å². The van der Waals surface area contributed by atoms with Crippen LogP contribution in [0.15, 0.2) is 24.3 Å². The molecule has 0 saturated heterocycles. The maximum Gasteiger partial charge on any atom is 0.304 e. The molecule has 0 aromatic heterocycles. The summed E-state index contributed by atoms with van der Waals surface area (Å²) in [7, 11) is 0. The molecule has 1 saturated carbocycles. The van der Waals surface area contributed by atoms with Gasteiger partial charge in [-0.3, -0.25) is 4.79 Å². The van der Waals surface area contributed by atoms with E-state index in [4.69, 9.17) is 5.11 Å². The van der Waals surface area contributed by atoms with Crippen molar-refractivity contribution in [3.05, 3.63) is 24.3 Å². The van der Waals surface area contributed by atoms with Crippen LogP contribution in [0.3, 0.4) is 0 Å². The Morgan fingerprint density at radius 2 is 2.29 bits per heavy atom. The number of hydrogen-bond acceptors (Lipinski definition) is 1. The third-order valence-electron chi connectivity index (χ3n) is 3.32. The van der Waals surface area contributed by atoms with Gasteiger partial charge in [-0.2, -0.15) is 0 Å². The Hall–Kier alpha value is -1.05. The van der Waals surface area contributed by atoms with Gasteiger partial charge in [-0.15, -0.1) is 0 Å². The van der Waals surface area contributed by atoms with Crippen molar-refractivity contribution in [2.45, 2.75) is 33.1 Å². The van der Waals surface area contributed by atoms with Crippen molar-refractivity contribution >= 4 is 5.97 Å². The summed E-state index contributed by atoms with van der Waals surface area (Å²) in [5.41, 5.74) is 1.92. The first-order valence-electron chi connectivity index (χ1n) is 4.93. The molecule has 0 aliphatic heterocycles. The number of carboxylic acid groups (broad SMARTS) is 1. The van der Waals surface area contributed by atoms with E-state index in [0.717, 1.165) is 24.0 Å². The Morgan fingerprint density at radius 1 is 1.71 bits per heavy atom. The predicted octanol–water partition coefficient (Wildman–Crippen LogP) is 3.01. The van der Waals surface area contributed by atoms with Gasteiger partial charge in [-0.1, -0.05) is 31.2 Å². The second kappa shape index (κ2) is 3.60. The summed E-state index contributed by atoms with van der Waals surface area (Å²) in [6.45, 7) is 11.9. The molecule has 1 aliphatic rings. The van der Waals surface area contributed by atoms with Gasteiger partial charge in [0.2, 0.25) is 0 Å². The number of carboxylic acids is 1. The van der Waals surface area contributed by atoms with Gasteiger partial charge in [0.25, 0.3) is 0 Å². The molecule has 0 heterocycles. The number of rotatable bonds is 3. The van der Waals surface area contributed by atoms with E-state index in [1.165, 1.54) is 0 Å². The van der Waals surface area contributed by atoms with E-state index in [1.807, 2.05) is 13.8 Å². The number of aliphatic carboxylic acids is 1. The largest absolute Gasteiger partial charge is 0.481 e. The van der Waals surface area contributed by atoms with Crippen LogP contribution in [-0.4, -0.2) is 11.1 Å². The Kier molecular flexibility index (Phi) is 2.84. The summed E-state index contributed by atoms with van der Waals surface area (Å²) in [4.78, 5) is 10.7. The first-order chi connectivity index (χ1) is 6.37. The van der Waals surface area contributed by atoms with E-state index in [2.05, 4.69) is 13.2 Å². The van der Waals surface area contributed by atoms with Gasteiger partial charge in [-0.25, -0.2) is 0 Å². The molecule has 2 unspecified atom stereocenters. The molecule has 2 nitrogen and oxygen atoms in total. The van der Waals surface area contributed by atoms with E-state index < -0.39 is 5.97 Å². The highest BCUT2D eigenvalue weighted by atomic mass is 16.4. The Labute approximate surface area is 85.3 Å². The third-order valence-corrected chi connectivity index (χ3v) is 3.32. The molecule has 1 aliphatic carbocycles. The molecular weight excluding hydrogens is 176 g/mol. The number of hydrogen-bond donors (Lipinski definition) is 1. The summed E-state index contributed by atoms with van der Waals surface area (Å²) in [6.07, 6.45) is 2.10. The highest BCUT2D eigenvalue weighted by molar-refractivity contribution is 5.68. The topological polar surface area (TPSA) is 37.3 Å². The van der Waals surface area contributed by atoms with Crippen molar-refractivity contribution in [3.63, 3.8) is 0 Å². The minimum Gasteiger partial charge on any atom is -0.481 e. The van der Waals surface area contributed by atoms with Crippen molar-refractivity contribution in [2.24, 2.45) is 11.3 Å². The molecule has 1 rings (SSSR count). The average Bonchev–Trinajstić information content (AvgIpc) is 2.27. The molecule has 1 fully saturated rings. The van der Waals surface area contributed by atoms with E-state index in [0.29, 0.717) is 5.92 Å². The summed E-state index contributed by atoms with van der Waals surface area (Å²) < 4.78 is 0. The fraction of sp³-hybridized carbons (Fsp3) is 0.583. The zero-order chi connectivity index (χ0) is 10.9. The van der Waals surface area contributed by atoms with Crippen LogP contribution in [0.2, 0.25) is 0 Å². The monoisotopic (exact) mass is 194 g/mol. The van der Waals surface area contributed by atoms with Crippen LogP contribution in [0.4, 0.5) is 0 Å². The lowest BCUT2D eigenvalue weighted by atomic mass is 9.79. The first kappa shape index (κ1) is 11.0. The fourth-order valence-corrected chi connectivity index (χ4v) is 2.30. The van der Waals surface area contributed by atoms with Crippen LogP contribution in [-0.2, 0) is 4.79 Å². The zero-order valence-electron chi connectivity index (χ0n) is 8.97. The molecule has 1 N–H and O–H groups in total. The smallest absolute Gasteiger partial charge is 0.304 e. The normalized spacial score (nSPS) is 31.9. The molecule has 2 heteroatoms. The number of carbonyl (C=O) groups is 1.